The maximum absolute atomic E-state index is 14.4. The van der Waals surface area contributed by atoms with Crippen molar-refractivity contribution < 1.29 is 8.78 Å². The minimum Gasteiger partial charge on any atom is -0.311 e. The summed E-state index contributed by atoms with van der Waals surface area (Å²) in [6.45, 7) is 7.10. The molecule has 0 spiro atoms. The molecule has 21 heavy (non-hydrogen) atoms. The molecule has 0 saturated heterocycles. The molecule has 1 aromatic carbocycles. The first-order valence-corrected chi connectivity index (χ1v) is 7.26. The van der Waals surface area contributed by atoms with Crippen molar-refractivity contribution in [1.29, 1.82) is 0 Å². The zero-order valence-corrected chi connectivity index (χ0v) is 12.5. The van der Waals surface area contributed by atoms with E-state index in [1.165, 1.54) is 12.1 Å². The summed E-state index contributed by atoms with van der Waals surface area (Å²) in [7, 11) is 0. The Morgan fingerprint density at radius 3 is 2.71 bits per heavy atom. The molecule has 0 unspecified atom stereocenters. The maximum Gasteiger partial charge on any atom is 0.147 e. The Morgan fingerprint density at radius 1 is 1.24 bits per heavy atom. The van der Waals surface area contributed by atoms with Crippen molar-refractivity contribution in [3.8, 4) is 5.69 Å². The average molecular weight is 291 g/mol. The van der Waals surface area contributed by atoms with E-state index in [-0.39, 0.29) is 11.6 Å². The number of aromatic nitrogens is 2. The molecule has 5 heteroatoms. The third-order valence-corrected chi connectivity index (χ3v) is 3.90. The van der Waals surface area contributed by atoms with Gasteiger partial charge in [0.05, 0.1) is 11.4 Å². The lowest BCUT2D eigenvalue weighted by atomic mass is 10.1. The lowest BCUT2D eigenvalue weighted by Gasteiger charge is -2.18. The second kappa shape index (κ2) is 5.22. The van der Waals surface area contributed by atoms with Crippen molar-refractivity contribution in [3.63, 3.8) is 0 Å². The largest absolute Gasteiger partial charge is 0.311 e. The number of halogens is 2. The van der Waals surface area contributed by atoms with Gasteiger partial charge in [0.25, 0.3) is 0 Å². The minimum absolute atomic E-state index is 0.138. The average Bonchev–Trinajstić information content (AvgIpc) is 2.82. The highest BCUT2D eigenvalue weighted by atomic mass is 19.1. The summed E-state index contributed by atoms with van der Waals surface area (Å²) in [6, 6.07) is 2.53. The van der Waals surface area contributed by atoms with Gasteiger partial charge in [-0.3, -0.25) is 4.57 Å². The van der Waals surface area contributed by atoms with E-state index in [4.69, 9.17) is 0 Å². The number of nitrogens with one attached hydrogen (secondary N) is 1. The molecule has 0 atom stereocenters. The van der Waals surface area contributed by atoms with Crippen molar-refractivity contribution in [2.45, 2.75) is 39.7 Å². The highest BCUT2D eigenvalue weighted by molar-refractivity contribution is 5.42. The van der Waals surface area contributed by atoms with E-state index in [1.807, 2.05) is 13.8 Å². The van der Waals surface area contributed by atoms with Crippen LogP contribution in [0.5, 0.6) is 0 Å². The molecule has 0 bridgehead atoms. The number of rotatable bonds is 2. The van der Waals surface area contributed by atoms with E-state index < -0.39 is 11.6 Å². The summed E-state index contributed by atoms with van der Waals surface area (Å²) in [5, 5.41) is 3.26. The normalized spacial score (nSPS) is 14.6. The highest BCUT2D eigenvalue weighted by Crippen LogP contribution is 2.28. The van der Waals surface area contributed by atoms with Crippen LogP contribution >= 0.6 is 0 Å². The number of benzene rings is 1. The molecule has 0 aliphatic carbocycles. The van der Waals surface area contributed by atoms with Gasteiger partial charge in [0.15, 0.2) is 0 Å². The summed E-state index contributed by atoms with van der Waals surface area (Å²) in [6.07, 6.45) is 0.768. The van der Waals surface area contributed by atoms with Crippen LogP contribution < -0.4 is 5.32 Å². The van der Waals surface area contributed by atoms with E-state index in [0.29, 0.717) is 12.1 Å². The van der Waals surface area contributed by atoms with Gasteiger partial charge in [0.2, 0.25) is 0 Å². The summed E-state index contributed by atoms with van der Waals surface area (Å²) < 4.78 is 30.1. The van der Waals surface area contributed by atoms with Crippen molar-refractivity contribution in [3.05, 3.63) is 46.5 Å². The van der Waals surface area contributed by atoms with E-state index in [1.54, 1.807) is 11.5 Å². The molecule has 3 nitrogen and oxygen atoms in total. The van der Waals surface area contributed by atoms with Crippen LogP contribution in [0.3, 0.4) is 0 Å². The summed E-state index contributed by atoms with van der Waals surface area (Å²) in [4.78, 5) is 4.63. The van der Waals surface area contributed by atoms with Gasteiger partial charge < -0.3 is 5.32 Å². The fraction of sp³-hybridized carbons (Fsp3) is 0.438. The molecular weight excluding hydrogens is 272 g/mol. The number of nitrogens with zero attached hydrogens (tertiary/aromatic N) is 2. The maximum atomic E-state index is 14.4. The second-order valence-electron chi connectivity index (χ2n) is 5.83. The van der Waals surface area contributed by atoms with Crippen LogP contribution in [-0.2, 0) is 13.0 Å². The molecule has 1 N–H and O–H groups in total. The molecule has 0 radical (unpaired) electrons. The highest BCUT2D eigenvalue weighted by Gasteiger charge is 2.24. The van der Waals surface area contributed by atoms with Crippen LogP contribution in [0.15, 0.2) is 12.1 Å². The second-order valence-corrected chi connectivity index (χ2v) is 5.83. The first-order valence-electron chi connectivity index (χ1n) is 7.26. The standard InChI is InChI=1S/C16H19F2N3/c1-9(2)16-20-13-8-19-5-4-14(13)21(16)15-7-11(17)10(3)6-12(15)18/h6-7,9,19H,4-5,8H2,1-3H3. The molecule has 0 amide bonds. The SMILES string of the molecule is Cc1cc(F)c(-n2c(C(C)C)nc3c2CCNC3)cc1F. The molecule has 2 heterocycles. The summed E-state index contributed by atoms with van der Waals surface area (Å²) in [5.41, 5.74) is 2.50. The van der Waals surface area contributed by atoms with Gasteiger partial charge in [-0.1, -0.05) is 13.8 Å². The fourth-order valence-corrected chi connectivity index (χ4v) is 2.79. The Labute approximate surface area is 123 Å². The number of aryl methyl sites for hydroxylation is 1. The van der Waals surface area contributed by atoms with Crippen LogP contribution in [-0.4, -0.2) is 16.1 Å². The van der Waals surface area contributed by atoms with Gasteiger partial charge in [-0.2, -0.15) is 0 Å². The van der Waals surface area contributed by atoms with Crippen LogP contribution in [0.25, 0.3) is 5.69 Å². The number of hydrogen-bond acceptors (Lipinski definition) is 2. The van der Waals surface area contributed by atoms with Crippen molar-refractivity contribution in [2.75, 3.05) is 6.54 Å². The Hall–Kier alpha value is -1.75. The quantitative estimate of drug-likeness (QED) is 0.920. The topological polar surface area (TPSA) is 29.9 Å². The van der Waals surface area contributed by atoms with Crippen LogP contribution in [0.2, 0.25) is 0 Å². The molecule has 112 valence electrons. The molecule has 1 aliphatic heterocycles. The van der Waals surface area contributed by atoms with Gasteiger partial charge >= 0.3 is 0 Å². The van der Waals surface area contributed by atoms with E-state index in [9.17, 15) is 8.78 Å². The van der Waals surface area contributed by atoms with E-state index in [2.05, 4.69) is 10.3 Å². The third-order valence-electron chi connectivity index (χ3n) is 3.90. The third kappa shape index (κ3) is 2.35. The fourth-order valence-electron chi connectivity index (χ4n) is 2.79. The monoisotopic (exact) mass is 291 g/mol. The van der Waals surface area contributed by atoms with Gasteiger partial charge in [0, 0.05) is 37.2 Å². The minimum atomic E-state index is -0.408. The molecule has 2 aromatic rings. The molecular formula is C16H19F2N3. The first-order chi connectivity index (χ1) is 9.99. The summed E-state index contributed by atoms with van der Waals surface area (Å²) >= 11 is 0. The predicted molar refractivity (Wildman–Crippen MR) is 77.7 cm³/mol. The van der Waals surface area contributed by atoms with Crippen molar-refractivity contribution in [2.24, 2.45) is 0 Å². The predicted octanol–water partition coefficient (Wildman–Crippen LogP) is 3.23. The van der Waals surface area contributed by atoms with Gasteiger partial charge in [-0.15, -0.1) is 0 Å². The molecule has 1 aromatic heterocycles. The lowest BCUT2D eigenvalue weighted by molar-refractivity contribution is 0.574. The Bertz CT molecular complexity index is 689. The van der Waals surface area contributed by atoms with Crippen LogP contribution in [0.4, 0.5) is 8.78 Å². The van der Waals surface area contributed by atoms with E-state index in [0.717, 1.165) is 30.2 Å². The Balaban J connectivity index is 2.26. The van der Waals surface area contributed by atoms with E-state index >= 15 is 0 Å². The zero-order chi connectivity index (χ0) is 15.1. The number of hydrogen-bond donors (Lipinski definition) is 1. The smallest absolute Gasteiger partial charge is 0.147 e. The lowest BCUT2D eigenvalue weighted by Crippen LogP contribution is -2.25. The van der Waals surface area contributed by atoms with Crippen molar-refractivity contribution in [1.82, 2.24) is 14.9 Å². The Morgan fingerprint density at radius 2 is 2.00 bits per heavy atom. The van der Waals surface area contributed by atoms with Gasteiger partial charge in [-0.25, -0.2) is 13.8 Å². The molecule has 0 fully saturated rings. The summed E-state index contributed by atoms with van der Waals surface area (Å²) in [5.74, 6) is 0.122. The molecule has 0 saturated carbocycles. The van der Waals surface area contributed by atoms with Crippen LogP contribution in [0, 0.1) is 18.6 Å². The first kappa shape index (κ1) is 14.2. The zero-order valence-electron chi connectivity index (χ0n) is 12.5. The van der Waals surface area contributed by atoms with Crippen LogP contribution in [0.1, 0.15) is 42.5 Å². The van der Waals surface area contributed by atoms with Crippen molar-refractivity contribution >= 4 is 0 Å². The molecule has 1 aliphatic rings. The van der Waals surface area contributed by atoms with Gasteiger partial charge in [-0.05, 0) is 18.6 Å². The Kier molecular flexibility index (Phi) is 3.53. The number of fused-ring (bicyclic) bond motifs is 1. The number of imidazole rings is 1. The van der Waals surface area contributed by atoms with Gasteiger partial charge in [0.1, 0.15) is 17.5 Å². The molecule has 3 rings (SSSR count).